The Hall–Kier alpha value is -2.55. The van der Waals surface area contributed by atoms with Gasteiger partial charge in [0.2, 0.25) is 0 Å². The summed E-state index contributed by atoms with van der Waals surface area (Å²) in [7, 11) is 3.13. The lowest BCUT2D eigenvalue weighted by atomic mass is 10.2. The summed E-state index contributed by atoms with van der Waals surface area (Å²) in [5.41, 5.74) is 1.54. The Kier molecular flexibility index (Phi) is 6.80. The predicted octanol–water partition coefficient (Wildman–Crippen LogP) is 3.52. The summed E-state index contributed by atoms with van der Waals surface area (Å²) < 4.78 is 11.6. The van der Waals surface area contributed by atoms with Crippen LogP contribution in [0.4, 0.5) is 5.13 Å². The quantitative estimate of drug-likeness (QED) is 0.582. The van der Waals surface area contributed by atoms with Gasteiger partial charge in [-0.1, -0.05) is 22.9 Å². The number of fused-ring (bicyclic) bond motifs is 1. The lowest BCUT2D eigenvalue weighted by Gasteiger charge is -2.34. The van der Waals surface area contributed by atoms with Gasteiger partial charge >= 0.3 is 0 Å². The van der Waals surface area contributed by atoms with Crippen molar-refractivity contribution in [3.8, 4) is 11.5 Å². The zero-order valence-electron chi connectivity index (χ0n) is 17.6. The number of piperazine rings is 1. The Bertz CT molecular complexity index is 1070. The molecule has 1 aliphatic rings. The monoisotopic (exact) mass is 460 g/mol. The average Bonchev–Trinajstić information content (AvgIpc) is 3.22. The summed E-state index contributed by atoms with van der Waals surface area (Å²) in [6.07, 6.45) is 0. The smallest absolute Gasteiger partial charge is 0.251 e. The molecule has 1 fully saturated rings. The molecule has 9 heteroatoms. The minimum atomic E-state index is -0.118. The number of methoxy groups -OCH3 is 2. The Morgan fingerprint density at radius 3 is 2.61 bits per heavy atom. The maximum atomic E-state index is 12.4. The SMILES string of the molecule is COc1ccc(C(=O)NCCN2CCN(c3nc4ccc(Cl)cc4s3)CC2)cc1OC. The van der Waals surface area contributed by atoms with Gasteiger partial charge in [0.15, 0.2) is 16.6 Å². The number of carbonyl (C=O) groups is 1. The van der Waals surface area contributed by atoms with Gasteiger partial charge in [-0.25, -0.2) is 4.98 Å². The van der Waals surface area contributed by atoms with Crippen LogP contribution in [0.15, 0.2) is 36.4 Å². The lowest BCUT2D eigenvalue weighted by molar-refractivity contribution is 0.0947. The van der Waals surface area contributed by atoms with Crippen LogP contribution in [0, 0.1) is 0 Å². The summed E-state index contributed by atoms with van der Waals surface area (Å²) in [6.45, 7) is 5.09. The van der Waals surface area contributed by atoms with Gasteiger partial charge < -0.3 is 19.7 Å². The van der Waals surface area contributed by atoms with E-state index in [2.05, 4.69) is 15.1 Å². The van der Waals surface area contributed by atoms with Crippen molar-refractivity contribution >= 4 is 44.2 Å². The molecule has 0 aliphatic carbocycles. The van der Waals surface area contributed by atoms with E-state index in [0.29, 0.717) is 23.6 Å². The van der Waals surface area contributed by atoms with Crippen LogP contribution in [0.1, 0.15) is 10.4 Å². The fourth-order valence-electron chi connectivity index (χ4n) is 3.59. The zero-order valence-corrected chi connectivity index (χ0v) is 19.1. The molecule has 3 aromatic rings. The van der Waals surface area contributed by atoms with Crippen molar-refractivity contribution in [1.29, 1.82) is 0 Å². The van der Waals surface area contributed by atoms with Gasteiger partial charge in [-0.15, -0.1) is 0 Å². The summed E-state index contributed by atoms with van der Waals surface area (Å²) in [5, 5.41) is 4.77. The number of hydrogen-bond acceptors (Lipinski definition) is 7. The van der Waals surface area contributed by atoms with Crippen LogP contribution in [0.25, 0.3) is 10.2 Å². The van der Waals surface area contributed by atoms with Crippen molar-refractivity contribution in [1.82, 2.24) is 15.2 Å². The van der Waals surface area contributed by atoms with E-state index in [9.17, 15) is 4.79 Å². The number of ether oxygens (including phenoxy) is 2. The molecule has 31 heavy (non-hydrogen) atoms. The number of nitrogens with zero attached hydrogens (tertiary/aromatic N) is 3. The Balaban J connectivity index is 1.25. The second-order valence-corrected chi connectivity index (χ2v) is 8.71. The van der Waals surface area contributed by atoms with E-state index in [1.54, 1.807) is 43.8 Å². The van der Waals surface area contributed by atoms with Crippen LogP contribution in [0.5, 0.6) is 11.5 Å². The first kappa shape index (κ1) is 21.7. The van der Waals surface area contributed by atoms with Crippen LogP contribution in [0.2, 0.25) is 5.02 Å². The molecule has 2 heterocycles. The van der Waals surface area contributed by atoms with Gasteiger partial charge in [0.05, 0.1) is 24.4 Å². The topological polar surface area (TPSA) is 66.9 Å². The maximum Gasteiger partial charge on any atom is 0.251 e. The van der Waals surface area contributed by atoms with Gasteiger partial charge in [-0.05, 0) is 36.4 Å². The van der Waals surface area contributed by atoms with Crippen LogP contribution < -0.4 is 19.7 Å². The van der Waals surface area contributed by atoms with E-state index in [4.69, 9.17) is 26.1 Å². The number of benzene rings is 2. The summed E-state index contributed by atoms with van der Waals surface area (Å²) >= 11 is 7.77. The normalized spacial score (nSPS) is 14.6. The van der Waals surface area contributed by atoms with Gasteiger partial charge in [0, 0.05) is 49.9 Å². The zero-order chi connectivity index (χ0) is 21.8. The van der Waals surface area contributed by atoms with Crippen LogP contribution in [-0.2, 0) is 0 Å². The molecule has 1 saturated heterocycles. The largest absolute Gasteiger partial charge is 0.493 e. The van der Waals surface area contributed by atoms with E-state index in [0.717, 1.165) is 53.1 Å². The first-order chi connectivity index (χ1) is 15.1. The fraction of sp³-hybridized carbons (Fsp3) is 0.364. The highest BCUT2D eigenvalue weighted by molar-refractivity contribution is 7.22. The molecule has 0 atom stereocenters. The molecule has 1 aliphatic heterocycles. The Morgan fingerprint density at radius 2 is 1.87 bits per heavy atom. The maximum absolute atomic E-state index is 12.4. The highest BCUT2D eigenvalue weighted by Crippen LogP contribution is 2.31. The summed E-state index contributed by atoms with van der Waals surface area (Å²) in [5.74, 6) is 1.03. The van der Waals surface area contributed by atoms with Crippen molar-refractivity contribution in [2.75, 3.05) is 58.4 Å². The molecular weight excluding hydrogens is 436 g/mol. The number of hydrogen-bond donors (Lipinski definition) is 1. The second-order valence-electron chi connectivity index (χ2n) is 7.26. The lowest BCUT2D eigenvalue weighted by Crippen LogP contribution is -2.48. The van der Waals surface area contributed by atoms with E-state index in [1.165, 1.54) is 0 Å². The number of carbonyl (C=O) groups excluding carboxylic acids is 1. The molecule has 7 nitrogen and oxygen atoms in total. The van der Waals surface area contributed by atoms with Gasteiger partial charge in [0.25, 0.3) is 5.91 Å². The summed E-state index contributed by atoms with van der Waals surface area (Å²) in [4.78, 5) is 21.9. The molecule has 0 saturated carbocycles. The third-order valence-corrected chi connectivity index (χ3v) is 6.66. The first-order valence-corrected chi connectivity index (χ1v) is 11.3. The van der Waals surface area contributed by atoms with Gasteiger partial charge in [0.1, 0.15) is 0 Å². The van der Waals surface area contributed by atoms with Crippen molar-refractivity contribution in [3.05, 3.63) is 47.0 Å². The molecular formula is C22H25ClN4O3S. The first-order valence-electron chi connectivity index (χ1n) is 10.1. The number of halogens is 1. The molecule has 0 bridgehead atoms. The van der Waals surface area contributed by atoms with Crippen molar-refractivity contribution in [2.24, 2.45) is 0 Å². The Labute approximate surface area is 190 Å². The number of thiazole rings is 1. The van der Waals surface area contributed by atoms with Crippen LogP contribution in [-0.4, -0.2) is 69.3 Å². The van der Waals surface area contributed by atoms with E-state index in [1.807, 2.05) is 18.2 Å². The van der Waals surface area contributed by atoms with E-state index < -0.39 is 0 Å². The highest BCUT2D eigenvalue weighted by Gasteiger charge is 2.20. The second kappa shape index (κ2) is 9.72. The minimum absolute atomic E-state index is 0.118. The number of rotatable bonds is 7. The molecule has 0 unspecified atom stereocenters. The molecule has 0 radical (unpaired) electrons. The average molecular weight is 461 g/mol. The fourth-order valence-corrected chi connectivity index (χ4v) is 4.88. The van der Waals surface area contributed by atoms with Gasteiger partial charge in [-0.2, -0.15) is 0 Å². The molecule has 2 aromatic carbocycles. The molecule has 1 amide bonds. The summed E-state index contributed by atoms with van der Waals surface area (Å²) in [6, 6.07) is 11.0. The molecule has 1 N–H and O–H groups in total. The van der Waals surface area contributed by atoms with Crippen molar-refractivity contribution in [2.45, 2.75) is 0 Å². The van der Waals surface area contributed by atoms with Gasteiger partial charge in [-0.3, -0.25) is 9.69 Å². The van der Waals surface area contributed by atoms with Crippen molar-refractivity contribution < 1.29 is 14.3 Å². The Morgan fingerprint density at radius 1 is 1.10 bits per heavy atom. The molecule has 164 valence electrons. The van der Waals surface area contributed by atoms with Crippen molar-refractivity contribution in [3.63, 3.8) is 0 Å². The number of anilines is 1. The van der Waals surface area contributed by atoms with E-state index in [-0.39, 0.29) is 5.91 Å². The molecule has 1 aromatic heterocycles. The molecule has 0 spiro atoms. The molecule has 4 rings (SSSR count). The number of aromatic nitrogens is 1. The predicted molar refractivity (Wildman–Crippen MR) is 125 cm³/mol. The standard InChI is InChI=1S/C22H25ClN4O3S/c1-29-18-6-3-15(13-19(18)30-2)21(28)24-7-8-26-9-11-27(12-10-26)22-25-17-5-4-16(23)14-20(17)31-22/h3-6,13-14H,7-12H2,1-2H3,(H,24,28). The van der Waals surface area contributed by atoms with E-state index >= 15 is 0 Å². The third kappa shape index (κ3) is 5.03. The number of nitrogens with one attached hydrogen (secondary N) is 1. The van der Waals surface area contributed by atoms with Crippen LogP contribution in [0.3, 0.4) is 0 Å². The number of amides is 1. The highest BCUT2D eigenvalue weighted by atomic mass is 35.5. The van der Waals surface area contributed by atoms with Crippen LogP contribution >= 0.6 is 22.9 Å². The third-order valence-electron chi connectivity index (χ3n) is 5.34. The minimum Gasteiger partial charge on any atom is -0.493 e.